The van der Waals surface area contributed by atoms with Crippen LogP contribution in [-0.2, 0) is 0 Å². The normalized spacial score (nSPS) is 12.2. The van der Waals surface area contributed by atoms with E-state index in [0.717, 1.165) is 5.56 Å². The smallest absolute Gasteiger partial charge is 0.131 e. The number of terminal acetylenes is 1. The van der Waals surface area contributed by atoms with Crippen molar-refractivity contribution in [3.8, 4) is 12.3 Å². The summed E-state index contributed by atoms with van der Waals surface area (Å²) in [6.07, 6.45) is 5.25. The second-order valence-electron chi connectivity index (χ2n) is 2.43. The Balaban J connectivity index is 3.10. The Bertz CT molecular complexity index is 308. The summed E-state index contributed by atoms with van der Waals surface area (Å²) < 4.78 is 0. The van der Waals surface area contributed by atoms with Gasteiger partial charge in [-0.3, -0.25) is 0 Å². The second kappa shape index (κ2) is 3.80. The molecule has 0 aliphatic carbocycles. The Morgan fingerprint density at radius 3 is 2.33 bits per heavy atom. The lowest BCUT2D eigenvalue weighted by atomic mass is 10.0. The molecule has 0 bridgehead atoms. The van der Waals surface area contributed by atoms with Gasteiger partial charge in [0, 0.05) is 5.92 Å². The summed E-state index contributed by atoms with van der Waals surface area (Å²) in [5.74, 6) is 2.61. The lowest BCUT2D eigenvalue weighted by Crippen LogP contribution is -1.90. The van der Waals surface area contributed by atoms with Gasteiger partial charge in [0.05, 0.1) is 0 Å². The van der Waals surface area contributed by atoms with Crippen molar-refractivity contribution >= 4 is 23.2 Å². The van der Waals surface area contributed by atoms with Crippen LogP contribution in [0, 0.1) is 12.3 Å². The van der Waals surface area contributed by atoms with Crippen molar-refractivity contribution < 1.29 is 0 Å². The van der Waals surface area contributed by atoms with E-state index in [4.69, 9.17) is 29.6 Å². The van der Waals surface area contributed by atoms with Gasteiger partial charge < -0.3 is 0 Å². The summed E-state index contributed by atoms with van der Waals surface area (Å²) in [6, 6.07) is 3.44. The topological polar surface area (TPSA) is 12.9 Å². The van der Waals surface area contributed by atoms with Gasteiger partial charge in [0.1, 0.15) is 10.3 Å². The van der Waals surface area contributed by atoms with E-state index in [-0.39, 0.29) is 5.92 Å². The zero-order chi connectivity index (χ0) is 9.14. The fourth-order valence-corrected chi connectivity index (χ4v) is 1.31. The summed E-state index contributed by atoms with van der Waals surface area (Å²) >= 11 is 11.4. The van der Waals surface area contributed by atoms with Crippen molar-refractivity contribution in [3.63, 3.8) is 0 Å². The standard InChI is InChI=1S/C9H7Cl2N/c1-3-6(2)7-4-8(10)12-9(11)5-7/h1,4-6H,2H3. The van der Waals surface area contributed by atoms with Crippen LogP contribution in [0.3, 0.4) is 0 Å². The number of rotatable bonds is 1. The molecule has 1 aromatic rings. The maximum absolute atomic E-state index is 5.69. The first-order valence-electron chi connectivity index (χ1n) is 3.42. The van der Waals surface area contributed by atoms with Crippen LogP contribution in [0.15, 0.2) is 12.1 Å². The van der Waals surface area contributed by atoms with Crippen molar-refractivity contribution in [2.75, 3.05) is 0 Å². The fourth-order valence-electron chi connectivity index (χ4n) is 0.830. The van der Waals surface area contributed by atoms with E-state index in [9.17, 15) is 0 Å². The molecule has 0 aromatic carbocycles. The molecule has 0 aliphatic heterocycles. The van der Waals surface area contributed by atoms with Gasteiger partial charge in [-0.15, -0.1) is 6.42 Å². The minimum Gasteiger partial charge on any atom is -0.224 e. The number of hydrogen-bond acceptors (Lipinski definition) is 1. The molecule has 1 rings (SSSR count). The molecule has 1 atom stereocenters. The maximum atomic E-state index is 5.69. The number of pyridine rings is 1. The summed E-state index contributed by atoms with van der Waals surface area (Å²) in [4.78, 5) is 3.81. The van der Waals surface area contributed by atoms with Crippen molar-refractivity contribution in [2.24, 2.45) is 0 Å². The molecule has 3 heteroatoms. The first-order valence-corrected chi connectivity index (χ1v) is 4.18. The number of aromatic nitrogens is 1. The zero-order valence-corrected chi connectivity index (χ0v) is 8.02. The molecule has 0 saturated heterocycles. The Hall–Kier alpha value is -0.710. The lowest BCUT2D eigenvalue weighted by Gasteiger charge is -2.04. The predicted octanol–water partition coefficient (Wildman–Crippen LogP) is 3.13. The van der Waals surface area contributed by atoms with Gasteiger partial charge in [-0.25, -0.2) is 4.98 Å². The van der Waals surface area contributed by atoms with Gasteiger partial charge in [-0.1, -0.05) is 29.1 Å². The highest BCUT2D eigenvalue weighted by atomic mass is 35.5. The van der Waals surface area contributed by atoms with E-state index in [1.807, 2.05) is 6.92 Å². The van der Waals surface area contributed by atoms with E-state index in [1.54, 1.807) is 12.1 Å². The number of halogens is 2. The van der Waals surface area contributed by atoms with E-state index in [2.05, 4.69) is 10.9 Å². The molecule has 1 nitrogen and oxygen atoms in total. The minimum atomic E-state index is 0.0167. The molecular formula is C9H7Cl2N. The molecule has 12 heavy (non-hydrogen) atoms. The molecule has 1 heterocycles. The van der Waals surface area contributed by atoms with E-state index in [0.29, 0.717) is 10.3 Å². The van der Waals surface area contributed by atoms with E-state index >= 15 is 0 Å². The first-order chi connectivity index (χ1) is 5.63. The van der Waals surface area contributed by atoms with Crippen LogP contribution in [0.1, 0.15) is 18.4 Å². The highest BCUT2D eigenvalue weighted by Gasteiger charge is 2.04. The third-order valence-electron chi connectivity index (χ3n) is 1.54. The molecule has 0 radical (unpaired) electrons. The third kappa shape index (κ3) is 2.14. The average molecular weight is 200 g/mol. The molecule has 62 valence electrons. The lowest BCUT2D eigenvalue weighted by molar-refractivity contribution is 0.997. The van der Waals surface area contributed by atoms with Crippen LogP contribution in [0.25, 0.3) is 0 Å². The van der Waals surface area contributed by atoms with Crippen LogP contribution < -0.4 is 0 Å². The molecule has 0 amide bonds. The molecule has 1 aromatic heterocycles. The fraction of sp³-hybridized carbons (Fsp3) is 0.222. The van der Waals surface area contributed by atoms with E-state index in [1.165, 1.54) is 0 Å². The highest BCUT2D eigenvalue weighted by Crippen LogP contribution is 2.20. The van der Waals surface area contributed by atoms with E-state index < -0.39 is 0 Å². The van der Waals surface area contributed by atoms with Gasteiger partial charge in [0.25, 0.3) is 0 Å². The predicted molar refractivity (Wildman–Crippen MR) is 51.5 cm³/mol. The molecule has 0 spiro atoms. The Morgan fingerprint density at radius 1 is 1.42 bits per heavy atom. The SMILES string of the molecule is C#CC(C)c1cc(Cl)nc(Cl)c1. The van der Waals surface area contributed by atoms with Crippen LogP contribution in [0.4, 0.5) is 0 Å². The summed E-state index contributed by atoms with van der Waals surface area (Å²) in [6.45, 7) is 1.90. The Morgan fingerprint density at radius 2 is 1.92 bits per heavy atom. The minimum absolute atomic E-state index is 0.0167. The average Bonchev–Trinajstić information content (AvgIpc) is 2.01. The van der Waals surface area contributed by atoms with Gasteiger partial charge in [-0.05, 0) is 24.6 Å². The van der Waals surface area contributed by atoms with Gasteiger partial charge >= 0.3 is 0 Å². The number of nitrogens with zero attached hydrogens (tertiary/aromatic N) is 1. The monoisotopic (exact) mass is 199 g/mol. The highest BCUT2D eigenvalue weighted by molar-refractivity contribution is 6.32. The second-order valence-corrected chi connectivity index (χ2v) is 3.21. The van der Waals surface area contributed by atoms with Crippen LogP contribution >= 0.6 is 23.2 Å². The summed E-state index contributed by atoms with van der Waals surface area (Å²) in [5, 5.41) is 0.749. The quantitative estimate of drug-likeness (QED) is 0.501. The molecule has 0 N–H and O–H groups in total. The van der Waals surface area contributed by atoms with Crippen LogP contribution in [-0.4, -0.2) is 4.98 Å². The summed E-state index contributed by atoms with van der Waals surface area (Å²) in [7, 11) is 0. The molecular weight excluding hydrogens is 193 g/mol. The van der Waals surface area contributed by atoms with Crippen LogP contribution in [0.5, 0.6) is 0 Å². The Kier molecular flexibility index (Phi) is 2.97. The molecule has 1 unspecified atom stereocenters. The van der Waals surface area contributed by atoms with Crippen molar-refractivity contribution in [1.82, 2.24) is 4.98 Å². The van der Waals surface area contributed by atoms with Gasteiger partial charge in [0.15, 0.2) is 0 Å². The zero-order valence-electron chi connectivity index (χ0n) is 6.51. The van der Waals surface area contributed by atoms with Gasteiger partial charge in [-0.2, -0.15) is 0 Å². The summed E-state index contributed by atoms with van der Waals surface area (Å²) in [5.41, 5.74) is 0.919. The molecule has 0 fully saturated rings. The Labute approximate surface area is 81.7 Å². The molecule has 0 aliphatic rings. The number of hydrogen-bond donors (Lipinski definition) is 0. The van der Waals surface area contributed by atoms with Crippen molar-refractivity contribution in [1.29, 1.82) is 0 Å². The third-order valence-corrected chi connectivity index (χ3v) is 1.92. The van der Waals surface area contributed by atoms with Crippen molar-refractivity contribution in [3.05, 3.63) is 28.0 Å². The van der Waals surface area contributed by atoms with Crippen molar-refractivity contribution in [2.45, 2.75) is 12.8 Å². The van der Waals surface area contributed by atoms with Gasteiger partial charge in [0.2, 0.25) is 0 Å². The largest absolute Gasteiger partial charge is 0.224 e. The molecule has 0 saturated carbocycles. The maximum Gasteiger partial charge on any atom is 0.131 e. The first kappa shape index (κ1) is 9.38. The van der Waals surface area contributed by atoms with Crippen LogP contribution in [0.2, 0.25) is 10.3 Å².